The molecule has 3 rings (SSSR count). The van der Waals surface area contributed by atoms with Crippen LogP contribution in [-0.4, -0.2) is 15.5 Å². The fraction of sp³-hybridized carbons (Fsp3) is 0.158. The molecule has 1 N–H and O–H groups in total. The Morgan fingerprint density at radius 3 is 2.42 bits per heavy atom. The van der Waals surface area contributed by atoms with Crippen molar-refractivity contribution < 1.29 is 18.0 Å². The summed E-state index contributed by atoms with van der Waals surface area (Å²) in [7, 11) is 0. The van der Waals surface area contributed by atoms with Crippen LogP contribution in [0.3, 0.4) is 0 Å². The molecule has 0 bridgehead atoms. The summed E-state index contributed by atoms with van der Waals surface area (Å²) in [4.78, 5) is 16.3. The quantitative estimate of drug-likeness (QED) is 0.751. The molecule has 0 radical (unpaired) electrons. The highest BCUT2D eigenvalue weighted by molar-refractivity contribution is 5.96. The van der Waals surface area contributed by atoms with Crippen LogP contribution in [0.15, 0.2) is 67.3 Å². The number of imidazole rings is 1. The van der Waals surface area contributed by atoms with Crippen LogP contribution in [0.5, 0.6) is 0 Å². The maximum absolute atomic E-state index is 13.1. The van der Waals surface area contributed by atoms with Gasteiger partial charge in [0.25, 0.3) is 5.91 Å². The first-order chi connectivity index (χ1) is 12.4. The Kier molecular flexibility index (Phi) is 4.79. The molecule has 1 heterocycles. The van der Waals surface area contributed by atoms with Gasteiger partial charge in [0.2, 0.25) is 0 Å². The zero-order valence-electron chi connectivity index (χ0n) is 13.9. The van der Waals surface area contributed by atoms with E-state index in [4.69, 9.17) is 0 Å². The van der Waals surface area contributed by atoms with Gasteiger partial charge in [-0.3, -0.25) is 4.79 Å². The summed E-state index contributed by atoms with van der Waals surface area (Å²) < 4.78 is 41.0. The van der Waals surface area contributed by atoms with E-state index < -0.39 is 23.7 Å². The van der Waals surface area contributed by atoms with Crippen molar-refractivity contribution in [3.63, 3.8) is 0 Å². The molecule has 0 aliphatic rings. The molecule has 7 heteroatoms. The summed E-state index contributed by atoms with van der Waals surface area (Å²) in [5.41, 5.74) is 0.348. The largest absolute Gasteiger partial charge is 0.417 e. The van der Waals surface area contributed by atoms with E-state index >= 15 is 0 Å². The summed E-state index contributed by atoms with van der Waals surface area (Å²) in [6.07, 6.45) is 0.543. The molecule has 26 heavy (non-hydrogen) atoms. The number of amides is 1. The van der Waals surface area contributed by atoms with Crippen LogP contribution in [-0.2, 0) is 6.18 Å². The normalized spacial score (nSPS) is 12.6. The van der Waals surface area contributed by atoms with Crippen LogP contribution < -0.4 is 5.32 Å². The van der Waals surface area contributed by atoms with Crippen LogP contribution in [0.2, 0.25) is 0 Å². The Hall–Kier alpha value is -3.09. The molecule has 1 aromatic heterocycles. The standard InChI is InChI=1S/C19H16F3N3O/c1-13(14-6-8-15(9-7-14)25-11-10-23-12-25)24-18(26)16-4-2-3-5-17(16)19(20,21)22/h2-13H,1H3,(H,24,26). The van der Waals surface area contributed by atoms with Gasteiger partial charge in [0.1, 0.15) is 0 Å². The number of aromatic nitrogens is 2. The number of nitrogens with one attached hydrogen (secondary N) is 1. The number of nitrogens with zero attached hydrogens (tertiary/aromatic N) is 2. The number of alkyl halides is 3. The Morgan fingerprint density at radius 1 is 1.12 bits per heavy atom. The number of halogens is 3. The van der Waals surface area contributed by atoms with Crippen molar-refractivity contribution in [1.29, 1.82) is 0 Å². The highest BCUT2D eigenvalue weighted by Gasteiger charge is 2.35. The minimum absolute atomic E-state index is 0.387. The molecule has 2 aromatic carbocycles. The van der Waals surface area contributed by atoms with Gasteiger partial charge < -0.3 is 9.88 Å². The summed E-state index contributed by atoms with van der Waals surface area (Å²) in [6, 6.07) is 11.6. The highest BCUT2D eigenvalue weighted by atomic mass is 19.4. The maximum Gasteiger partial charge on any atom is 0.417 e. The van der Waals surface area contributed by atoms with Crippen molar-refractivity contribution in [3.05, 3.63) is 83.9 Å². The van der Waals surface area contributed by atoms with Gasteiger partial charge in [0.15, 0.2) is 0 Å². The fourth-order valence-corrected chi connectivity index (χ4v) is 2.63. The van der Waals surface area contributed by atoms with E-state index in [1.54, 1.807) is 25.6 Å². The zero-order chi connectivity index (χ0) is 18.7. The smallest absolute Gasteiger partial charge is 0.346 e. The molecule has 1 unspecified atom stereocenters. The van der Waals surface area contributed by atoms with E-state index in [-0.39, 0.29) is 5.56 Å². The van der Waals surface area contributed by atoms with Crippen molar-refractivity contribution in [1.82, 2.24) is 14.9 Å². The molecular weight excluding hydrogens is 343 g/mol. The van der Waals surface area contributed by atoms with Crippen molar-refractivity contribution >= 4 is 5.91 Å². The van der Waals surface area contributed by atoms with E-state index in [1.807, 2.05) is 28.8 Å². The Morgan fingerprint density at radius 2 is 1.81 bits per heavy atom. The number of carbonyl (C=O) groups is 1. The number of rotatable bonds is 4. The van der Waals surface area contributed by atoms with Gasteiger partial charge in [-0.2, -0.15) is 13.2 Å². The Bertz CT molecular complexity index is 887. The van der Waals surface area contributed by atoms with Gasteiger partial charge in [0.05, 0.1) is 23.5 Å². The van der Waals surface area contributed by atoms with Gasteiger partial charge in [-0.15, -0.1) is 0 Å². The number of carbonyl (C=O) groups excluding carboxylic acids is 1. The van der Waals surface area contributed by atoms with Gasteiger partial charge >= 0.3 is 6.18 Å². The van der Waals surface area contributed by atoms with Gasteiger partial charge in [-0.1, -0.05) is 24.3 Å². The van der Waals surface area contributed by atoms with Gasteiger partial charge in [0, 0.05) is 18.1 Å². The molecule has 1 atom stereocenters. The third kappa shape index (κ3) is 3.77. The lowest BCUT2D eigenvalue weighted by Gasteiger charge is -2.17. The van der Waals surface area contributed by atoms with E-state index in [0.717, 1.165) is 17.3 Å². The Balaban J connectivity index is 1.76. The van der Waals surface area contributed by atoms with Gasteiger partial charge in [-0.05, 0) is 36.8 Å². The second-order valence-corrected chi connectivity index (χ2v) is 5.80. The highest BCUT2D eigenvalue weighted by Crippen LogP contribution is 2.32. The van der Waals surface area contributed by atoms with E-state index in [2.05, 4.69) is 10.3 Å². The van der Waals surface area contributed by atoms with E-state index in [0.29, 0.717) is 0 Å². The zero-order valence-corrected chi connectivity index (χ0v) is 13.9. The van der Waals surface area contributed by atoms with Crippen LogP contribution >= 0.6 is 0 Å². The van der Waals surface area contributed by atoms with E-state index in [9.17, 15) is 18.0 Å². The first-order valence-electron chi connectivity index (χ1n) is 7.91. The topological polar surface area (TPSA) is 46.9 Å². The minimum atomic E-state index is -4.58. The molecule has 0 saturated heterocycles. The van der Waals surface area contributed by atoms with Crippen LogP contribution in [0.1, 0.15) is 34.5 Å². The first-order valence-corrected chi connectivity index (χ1v) is 7.91. The Labute approximate surface area is 148 Å². The number of hydrogen-bond acceptors (Lipinski definition) is 2. The molecule has 0 fully saturated rings. The van der Waals surface area contributed by atoms with Crippen molar-refractivity contribution in [3.8, 4) is 5.69 Å². The second kappa shape index (κ2) is 7.03. The third-order valence-corrected chi connectivity index (χ3v) is 4.02. The lowest BCUT2D eigenvalue weighted by atomic mass is 10.0. The van der Waals surface area contributed by atoms with E-state index in [1.165, 1.54) is 18.2 Å². The molecule has 134 valence electrons. The maximum atomic E-state index is 13.1. The second-order valence-electron chi connectivity index (χ2n) is 5.80. The fourth-order valence-electron chi connectivity index (χ4n) is 2.63. The van der Waals surface area contributed by atoms with Crippen molar-refractivity contribution in [2.75, 3.05) is 0 Å². The summed E-state index contributed by atoms with van der Waals surface area (Å²) in [6.45, 7) is 1.72. The molecule has 0 aliphatic carbocycles. The molecule has 0 aliphatic heterocycles. The average Bonchev–Trinajstić information content (AvgIpc) is 3.15. The average molecular weight is 359 g/mol. The summed E-state index contributed by atoms with van der Waals surface area (Å²) >= 11 is 0. The van der Waals surface area contributed by atoms with Gasteiger partial charge in [-0.25, -0.2) is 4.98 Å². The predicted molar refractivity (Wildman–Crippen MR) is 90.9 cm³/mol. The van der Waals surface area contributed by atoms with Crippen molar-refractivity contribution in [2.24, 2.45) is 0 Å². The van der Waals surface area contributed by atoms with Crippen LogP contribution in [0.4, 0.5) is 13.2 Å². The molecule has 4 nitrogen and oxygen atoms in total. The summed E-state index contributed by atoms with van der Waals surface area (Å²) in [5, 5.41) is 2.62. The van der Waals surface area contributed by atoms with Crippen LogP contribution in [0, 0.1) is 0 Å². The van der Waals surface area contributed by atoms with Crippen LogP contribution in [0.25, 0.3) is 5.69 Å². The number of benzene rings is 2. The number of hydrogen-bond donors (Lipinski definition) is 1. The molecular formula is C19H16F3N3O. The predicted octanol–water partition coefficient (Wildman–Crippen LogP) is 4.38. The lowest BCUT2D eigenvalue weighted by Crippen LogP contribution is -2.28. The SMILES string of the molecule is CC(NC(=O)c1ccccc1C(F)(F)F)c1ccc(-n2ccnc2)cc1. The molecule has 3 aromatic rings. The molecule has 0 saturated carbocycles. The lowest BCUT2D eigenvalue weighted by molar-refractivity contribution is -0.137. The summed E-state index contributed by atoms with van der Waals surface area (Å²) in [5.74, 6) is -0.760. The minimum Gasteiger partial charge on any atom is -0.346 e. The molecule has 1 amide bonds. The van der Waals surface area contributed by atoms with Crippen molar-refractivity contribution in [2.45, 2.75) is 19.1 Å². The third-order valence-electron chi connectivity index (χ3n) is 4.02. The monoisotopic (exact) mass is 359 g/mol. The first kappa shape index (κ1) is 17.7. The molecule has 0 spiro atoms.